The van der Waals surface area contributed by atoms with E-state index in [9.17, 15) is 18.0 Å². The van der Waals surface area contributed by atoms with Crippen LogP contribution in [-0.4, -0.2) is 45.9 Å². The Bertz CT molecular complexity index is 1260. The maximum atomic E-state index is 14.0. The summed E-state index contributed by atoms with van der Waals surface area (Å²) in [5.41, 5.74) is 1.86. The fourth-order valence-corrected chi connectivity index (χ4v) is 4.26. The SMILES string of the molecule is COc1ccc(C2CC(C(F)(F)F)n3nc(C(=O)NCc4cnn(C)c4C)c(Cl)c3N2)cc1OC. The van der Waals surface area contributed by atoms with Crippen molar-refractivity contribution in [1.29, 1.82) is 0 Å². The molecule has 2 unspecified atom stereocenters. The number of aromatic nitrogens is 4. The van der Waals surface area contributed by atoms with Crippen LogP contribution in [0, 0.1) is 6.92 Å². The summed E-state index contributed by atoms with van der Waals surface area (Å²) in [5, 5.41) is 13.5. The second-order valence-corrected chi connectivity index (χ2v) is 8.50. The van der Waals surface area contributed by atoms with E-state index in [4.69, 9.17) is 21.1 Å². The van der Waals surface area contributed by atoms with Crippen LogP contribution in [0.5, 0.6) is 11.5 Å². The third-order valence-corrected chi connectivity index (χ3v) is 6.45. The van der Waals surface area contributed by atoms with Gasteiger partial charge in [0, 0.05) is 31.3 Å². The van der Waals surface area contributed by atoms with Gasteiger partial charge in [-0.2, -0.15) is 23.4 Å². The summed E-state index contributed by atoms with van der Waals surface area (Å²) in [6, 6.07) is 2.11. The Labute approximate surface area is 204 Å². The lowest BCUT2D eigenvalue weighted by Gasteiger charge is -2.33. The van der Waals surface area contributed by atoms with E-state index in [2.05, 4.69) is 20.8 Å². The summed E-state index contributed by atoms with van der Waals surface area (Å²) in [4.78, 5) is 12.8. The van der Waals surface area contributed by atoms with Crippen LogP contribution in [0.3, 0.4) is 0 Å². The van der Waals surface area contributed by atoms with Crippen molar-refractivity contribution in [3.8, 4) is 11.5 Å². The summed E-state index contributed by atoms with van der Waals surface area (Å²) < 4.78 is 55.0. The predicted octanol–water partition coefficient (Wildman–Crippen LogP) is 4.19. The van der Waals surface area contributed by atoms with Crippen molar-refractivity contribution in [2.75, 3.05) is 19.5 Å². The monoisotopic (exact) mass is 512 g/mol. The third-order valence-electron chi connectivity index (χ3n) is 6.10. The van der Waals surface area contributed by atoms with E-state index in [1.54, 1.807) is 36.1 Å². The number of rotatable bonds is 6. The standard InChI is InChI=1S/C22H24ClF3N6O3/c1-11-13(10-28-31(11)2)9-27-21(33)19-18(23)20-29-14(8-17(22(24,25)26)32(20)30-19)12-5-6-15(34-3)16(7-12)35-4/h5-7,10,14,17,29H,8-9H2,1-4H3,(H,27,33). The lowest BCUT2D eigenvalue weighted by molar-refractivity contribution is -0.173. The van der Waals surface area contributed by atoms with Crippen molar-refractivity contribution < 1.29 is 27.4 Å². The molecule has 0 radical (unpaired) electrons. The van der Waals surface area contributed by atoms with Crippen molar-refractivity contribution >= 4 is 23.3 Å². The zero-order chi connectivity index (χ0) is 25.5. The number of fused-ring (bicyclic) bond motifs is 1. The Balaban J connectivity index is 1.65. The Kier molecular flexibility index (Phi) is 6.58. The number of nitrogens with one attached hydrogen (secondary N) is 2. The van der Waals surface area contributed by atoms with E-state index in [-0.39, 0.29) is 29.5 Å². The molecule has 1 amide bonds. The molecule has 0 aliphatic carbocycles. The summed E-state index contributed by atoms with van der Waals surface area (Å²) in [6.45, 7) is 1.96. The second-order valence-electron chi connectivity index (χ2n) is 8.12. The highest BCUT2D eigenvalue weighted by molar-refractivity contribution is 6.36. The first-order chi connectivity index (χ1) is 16.5. The normalized spacial score (nSPS) is 17.5. The number of anilines is 1. The number of methoxy groups -OCH3 is 2. The molecular formula is C22H24ClF3N6O3. The first kappa shape index (κ1) is 24.7. The van der Waals surface area contributed by atoms with Crippen LogP contribution < -0.4 is 20.1 Å². The molecule has 3 aromatic rings. The van der Waals surface area contributed by atoms with Crippen molar-refractivity contribution in [3.63, 3.8) is 0 Å². The number of alkyl halides is 3. The Morgan fingerprint density at radius 1 is 1.29 bits per heavy atom. The fourth-order valence-electron chi connectivity index (χ4n) is 4.00. The molecule has 1 aliphatic rings. The molecule has 0 saturated heterocycles. The van der Waals surface area contributed by atoms with Gasteiger partial charge >= 0.3 is 6.18 Å². The van der Waals surface area contributed by atoms with Gasteiger partial charge < -0.3 is 20.1 Å². The zero-order valence-corrected chi connectivity index (χ0v) is 20.2. The lowest BCUT2D eigenvalue weighted by atomic mass is 9.96. The highest BCUT2D eigenvalue weighted by atomic mass is 35.5. The quantitative estimate of drug-likeness (QED) is 0.514. The van der Waals surface area contributed by atoms with Crippen LogP contribution in [0.1, 0.15) is 45.8 Å². The van der Waals surface area contributed by atoms with Crippen LogP contribution in [-0.2, 0) is 13.6 Å². The molecule has 2 aromatic heterocycles. The van der Waals surface area contributed by atoms with Gasteiger partial charge in [-0.3, -0.25) is 9.48 Å². The van der Waals surface area contributed by atoms with E-state index in [0.29, 0.717) is 17.1 Å². The first-order valence-corrected chi connectivity index (χ1v) is 11.0. The largest absolute Gasteiger partial charge is 0.493 e. The van der Waals surface area contributed by atoms with E-state index >= 15 is 0 Å². The van der Waals surface area contributed by atoms with Gasteiger partial charge in [0.2, 0.25) is 0 Å². The average Bonchev–Trinajstić information content (AvgIpc) is 3.34. The fraction of sp³-hybridized carbons (Fsp3) is 0.409. The van der Waals surface area contributed by atoms with E-state index in [0.717, 1.165) is 15.9 Å². The number of carbonyl (C=O) groups is 1. The molecule has 9 nitrogen and oxygen atoms in total. The molecule has 0 bridgehead atoms. The number of aryl methyl sites for hydroxylation is 1. The van der Waals surface area contributed by atoms with Gasteiger partial charge in [-0.15, -0.1) is 0 Å². The number of hydrogen-bond donors (Lipinski definition) is 2. The highest BCUT2D eigenvalue weighted by Gasteiger charge is 2.48. The molecule has 188 valence electrons. The summed E-state index contributed by atoms with van der Waals surface area (Å²) in [5.74, 6) is 0.0601. The average molecular weight is 513 g/mol. The maximum Gasteiger partial charge on any atom is 0.410 e. The molecular weight excluding hydrogens is 489 g/mol. The van der Waals surface area contributed by atoms with Gasteiger partial charge in [0.25, 0.3) is 5.91 Å². The van der Waals surface area contributed by atoms with Crippen molar-refractivity contribution in [2.24, 2.45) is 7.05 Å². The molecule has 0 fully saturated rings. The van der Waals surface area contributed by atoms with Crippen LogP contribution >= 0.6 is 11.6 Å². The summed E-state index contributed by atoms with van der Waals surface area (Å²) >= 11 is 6.39. The molecule has 13 heteroatoms. The predicted molar refractivity (Wildman–Crippen MR) is 122 cm³/mol. The Hall–Kier alpha value is -3.41. The molecule has 0 saturated carbocycles. The molecule has 2 N–H and O–H groups in total. The molecule has 35 heavy (non-hydrogen) atoms. The number of nitrogens with zero attached hydrogens (tertiary/aromatic N) is 4. The number of carbonyl (C=O) groups excluding carboxylic acids is 1. The topological polar surface area (TPSA) is 95.2 Å². The van der Waals surface area contributed by atoms with Gasteiger partial charge in [0.1, 0.15) is 10.8 Å². The summed E-state index contributed by atoms with van der Waals surface area (Å²) in [7, 11) is 4.67. The van der Waals surface area contributed by atoms with Crippen LogP contribution in [0.15, 0.2) is 24.4 Å². The summed E-state index contributed by atoms with van der Waals surface area (Å²) in [6.07, 6.45) is -3.38. The first-order valence-electron chi connectivity index (χ1n) is 10.6. The number of halogens is 4. The van der Waals surface area contributed by atoms with Gasteiger partial charge in [-0.25, -0.2) is 4.68 Å². The van der Waals surface area contributed by atoms with Crippen molar-refractivity contribution in [3.05, 3.63) is 51.9 Å². The van der Waals surface area contributed by atoms with Crippen molar-refractivity contribution in [2.45, 2.75) is 38.1 Å². The molecule has 3 heterocycles. The van der Waals surface area contributed by atoms with Crippen molar-refractivity contribution in [1.82, 2.24) is 24.9 Å². The van der Waals surface area contributed by atoms with Gasteiger partial charge in [-0.05, 0) is 24.6 Å². The highest BCUT2D eigenvalue weighted by Crippen LogP contribution is 2.47. The maximum absolute atomic E-state index is 14.0. The Morgan fingerprint density at radius 3 is 2.60 bits per heavy atom. The molecule has 1 aromatic carbocycles. The smallest absolute Gasteiger partial charge is 0.410 e. The van der Waals surface area contributed by atoms with E-state index < -0.39 is 24.2 Å². The molecule has 4 rings (SSSR count). The Morgan fingerprint density at radius 2 is 2.00 bits per heavy atom. The molecule has 0 spiro atoms. The van der Waals surface area contributed by atoms with Gasteiger partial charge in [-0.1, -0.05) is 17.7 Å². The lowest BCUT2D eigenvalue weighted by Crippen LogP contribution is -2.36. The van der Waals surface area contributed by atoms with Gasteiger partial charge in [0.15, 0.2) is 23.2 Å². The number of ether oxygens (including phenoxy) is 2. The minimum absolute atomic E-state index is 0.0808. The van der Waals surface area contributed by atoms with Gasteiger partial charge in [0.05, 0.1) is 26.5 Å². The second kappa shape index (κ2) is 9.33. The van der Waals surface area contributed by atoms with Crippen LogP contribution in [0.25, 0.3) is 0 Å². The number of hydrogen-bond acceptors (Lipinski definition) is 6. The number of amides is 1. The third kappa shape index (κ3) is 4.62. The minimum Gasteiger partial charge on any atom is -0.493 e. The van der Waals surface area contributed by atoms with E-state index in [1.165, 1.54) is 14.2 Å². The minimum atomic E-state index is -4.62. The van der Waals surface area contributed by atoms with Crippen LogP contribution in [0.4, 0.5) is 19.0 Å². The van der Waals surface area contributed by atoms with Crippen LogP contribution in [0.2, 0.25) is 5.02 Å². The van der Waals surface area contributed by atoms with E-state index in [1.807, 2.05) is 6.92 Å². The molecule has 1 aliphatic heterocycles. The zero-order valence-electron chi connectivity index (χ0n) is 19.4. The number of benzene rings is 1. The molecule has 2 atom stereocenters.